The van der Waals surface area contributed by atoms with Crippen LogP contribution in [0.1, 0.15) is 54.4 Å². The maximum Gasteiger partial charge on any atom is 0.258 e. The lowest BCUT2D eigenvalue weighted by molar-refractivity contribution is -0.140. The number of nitrogens with one attached hydrogen (secondary N) is 1. The van der Waals surface area contributed by atoms with Crippen LogP contribution in [0.3, 0.4) is 0 Å². The van der Waals surface area contributed by atoms with E-state index in [1.807, 2.05) is 47.4 Å². The molecule has 0 unspecified atom stereocenters. The summed E-state index contributed by atoms with van der Waals surface area (Å²) < 4.78 is 0. The highest BCUT2D eigenvalue weighted by molar-refractivity contribution is 6.07. The molecule has 2 amide bonds. The Kier molecular flexibility index (Phi) is 4.06. The van der Waals surface area contributed by atoms with E-state index in [-0.39, 0.29) is 17.2 Å². The lowest BCUT2D eigenvalue weighted by Gasteiger charge is -2.55. The van der Waals surface area contributed by atoms with Gasteiger partial charge in [0, 0.05) is 23.5 Å². The second-order valence-electron chi connectivity index (χ2n) is 10.1. The first-order chi connectivity index (χ1) is 14.6. The van der Waals surface area contributed by atoms with Crippen molar-refractivity contribution in [2.24, 2.45) is 23.2 Å². The van der Waals surface area contributed by atoms with E-state index in [1.165, 1.54) is 24.8 Å². The average Bonchev–Trinajstić information content (AvgIpc) is 3.17. The summed E-state index contributed by atoms with van der Waals surface area (Å²) in [5.41, 5.74) is 3.56. The number of para-hydroxylation sites is 1. The standard InChI is InChI=1S/C26H28N2O2/c29-24(28-10-9-20-3-1-2-4-23(20)28)21-5-7-22(8-6-21)27-25(30)26-14-17-11-18(15-26)13-19(12-17)16-26/h1-8,17-19H,9-16H2,(H,27,30). The zero-order chi connectivity index (χ0) is 20.3. The van der Waals surface area contributed by atoms with Crippen LogP contribution in [0.25, 0.3) is 0 Å². The quantitative estimate of drug-likeness (QED) is 0.784. The van der Waals surface area contributed by atoms with Gasteiger partial charge in [-0.15, -0.1) is 0 Å². The summed E-state index contributed by atoms with van der Waals surface area (Å²) in [6, 6.07) is 15.6. The predicted molar refractivity (Wildman–Crippen MR) is 117 cm³/mol. The third kappa shape index (κ3) is 2.88. The number of amides is 2. The molecule has 0 saturated heterocycles. The fraction of sp³-hybridized carbons (Fsp3) is 0.462. The SMILES string of the molecule is O=C(c1ccc(NC(=O)C23CC4CC(CC(C4)C2)C3)cc1)N1CCc2ccccc21. The first-order valence-corrected chi connectivity index (χ1v) is 11.4. The van der Waals surface area contributed by atoms with Crippen LogP contribution in [0.15, 0.2) is 48.5 Å². The van der Waals surface area contributed by atoms with Gasteiger partial charge in [-0.25, -0.2) is 0 Å². The summed E-state index contributed by atoms with van der Waals surface area (Å²) in [5, 5.41) is 3.19. The lowest BCUT2D eigenvalue weighted by Crippen LogP contribution is -2.51. The highest BCUT2D eigenvalue weighted by Gasteiger charge is 2.54. The Balaban J connectivity index is 1.16. The van der Waals surface area contributed by atoms with Crippen molar-refractivity contribution in [3.8, 4) is 0 Å². The molecule has 7 rings (SSSR count). The van der Waals surface area contributed by atoms with Crippen LogP contribution in [-0.2, 0) is 11.2 Å². The summed E-state index contributed by atoms with van der Waals surface area (Å²) >= 11 is 0. The Hall–Kier alpha value is -2.62. The summed E-state index contributed by atoms with van der Waals surface area (Å²) in [4.78, 5) is 28.1. The van der Waals surface area contributed by atoms with Gasteiger partial charge in [0.2, 0.25) is 5.91 Å². The van der Waals surface area contributed by atoms with Crippen LogP contribution in [0.5, 0.6) is 0 Å². The third-order valence-corrected chi connectivity index (χ3v) is 8.04. The molecule has 1 aliphatic heterocycles. The fourth-order valence-electron chi connectivity index (χ4n) is 7.05. The maximum absolute atomic E-state index is 13.2. The number of nitrogens with zero attached hydrogens (tertiary/aromatic N) is 1. The topological polar surface area (TPSA) is 49.4 Å². The zero-order valence-electron chi connectivity index (χ0n) is 17.3. The molecule has 0 aromatic heterocycles. The summed E-state index contributed by atoms with van der Waals surface area (Å²) in [5.74, 6) is 2.49. The van der Waals surface area contributed by atoms with Gasteiger partial charge in [0.05, 0.1) is 5.41 Å². The number of fused-ring (bicyclic) bond motifs is 1. The van der Waals surface area contributed by atoms with Gasteiger partial charge in [-0.05, 0) is 98.6 Å². The Bertz CT molecular complexity index is 975. The first kappa shape index (κ1) is 18.2. The minimum Gasteiger partial charge on any atom is -0.326 e. The Morgan fingerprint density at radius 1 is 0.867 bits per heavy atom. The van der Waals surface area contributed by atoms with Crippen molar-refractivity contribution in [2.75, 3.05) is 16.8 Å². The summed E-state index contributed by atoms with van der Waals surface area (Å²) in [7, 11) is 0. The van der Waals surface area contributed by atoms with E-state index < -0.39 is 0 Å². The largest absolute Gasteiger partial charge is 0.326 e. The third-order valence-electron chi connectivity index (χ3n) is 8.04. The predicted octanol–water partition coefficient (Wildman–Crippen LogP) is 5.04. The molecule has 154 valence electrons. The van der Waals surface area contributed by atoms with Crippen molar-refractivity contribution < 1.29 is 9.59 Å². The molecule has 4 saturated carbocycles. The molecule has 30 heavy (non-hydrogen) atoms. The van der Waals surface area contributed by atoms with E-state index in [2.05, 4.69) is 11.4 Å². The smallest absolute Gasteiger partial charge is 0.258 e. The number of benzene rings is 2. The van der Waals surface area contributed by atoms with Crippen molar-refractivity contribution in [3.05, 3.63) is 59.7 Å². The normalized spacial score (nSPS) is 30.9. The van der Waals surface area contributed by atoms with Gasteiger partial charge < -0.3 is 10.2 Å². The molecule has 2 aromatic rings. The van der Waals surface area contributed by atoms with E-state index in [1.54, 1.807) is 0 Å². The van der Waals surface area contributed by atoms with E-state index in [0.717, 1.165) is 61.4 Å². The molecule has 4 fully saturated rings. The van der Waals surface area contributed by atoms with Gasteiger partial charge >= 0.3 is 0 Å². The second-order valence-corrected chi connectivity index (χ2v) is 10.1. The van der Waals surface area contributed by atoms with Crippen LogP contribution < -0.4 is 10.2 Å². The molecule has 5 aliphatic rings. The molecule has 0 spiro atoms. The molecule has 4 nitrogen and oxygen atoms in total. The van der Waals surface area contributed by atoms with Gasteiger partial charge in [-0.1, -0.05) is 18.2 Å². The second kappa shape index (κ2) is 6.69. The van der Waals surface area contributed by atoms with E-state index in [4.69, 9.17) is 0 Å². The average molecular weight is 401 g/mol. The van der Waals surface area contributed by atoms with Crippen molar-refractivity contribution in [3.63, 3.8) is 0 Å². The summed E-state index contributed by atoms with van der Waals surface area (Å²) in [6.07, 6.45) is 8.11. The molecular weight excluding hydrogens is 372 g/mol. The Morgan fingerprint density at radius 3 is 2.17 bits per heavy atom. The van der Waals surface area contributed by atoms with Crippen LogP contribution >= 0.6 is 0 Å². The van der Waals surface area contributed by atoms with Crippen LogP contribution in [0.2, 0.25) is 0 Å². The highest BCUT2D eigenvalue weighted by atomic mass is 16.2. The van der Waals surface area contributed by atoms with Crippen molar-refractivity contribution in [1.82, 2.24) is 0 Å². The molecule has 4 bridgehead atoms. The monoisotopic (exact) mass is 400 g/mol. The molecule has 0 radical (unpaired) electrons. The maximum atomic E-state index is 13.2. The Morgan fingerprint density at radius 2 is 1.50 bits per heavy atom. The van der Waals surface area contributed by atoms with E-state index in [0.29, 0.717) is 5.56 Å². The molecule has 4 heteroatoms. The fourth-order valence-corrected chi connectivity index (χ4v) is 7.05. The van der Waals surface area contributed by atoms with Gasteiger partial charge in [-0.2, -0.15) is 0 Å². The number of hydrogen-bond donors (Lipinski definition) is 1. The number of carbonyl (C=O) groups excluding carboxylic acids is 2. The molecule has 4 aliphatic carbocycles. The number of anilines is 2. The molecule has 0 atom stereocenters. The van der Waals surface area contributed by atoms with Gasteiger partial charge in [0.15, 0.2) is 0 Å². The highest BCUT2D eigenvalue weighted by Crippen LogP contribution is 2.60. The van der Waals surface area contributed by atoms with E-state index >= 15 is 0 Å². The van der Waals surface area contributed by atoms with Gasteiger partial charge in [-0.3, -0.25) is 9.59 Å². The first-order valence-electron chi connectivity index (χ1n) is 11.4. The van der Waals surface area contributed by atoms with Crippen LogP contribution in [-0.4, -0.2) is 18.4 Å². The number of hydrogen-bond acceptors (Lipinski definition) is 2. The van der Waals surface area contributed by atoms with Crippen molar-refractivity contribution in [2.45, 2.75) is 44.9 Å². The number of carbonyl (C=O) groups is 2. The number of rotatable bonds is 3. The van der Waals surface area contributed by atoms with Crippen molar-refractivity contribution >= 4 is 23.2 Å². The molecule has 1 heterocycles. The minimum atomic E-state index is -0.150. The zero-order valence-corrected chi connectivity index (χ0v) is 17.3. The molecule has 2 aromatic carbocycles. The van der Waals surface area contributed by atoms with Gasteiger partial charge in [0.25, 0.3) is 5.91 Å². The van der Waals surface area contributed by atoms with Gasteiger partial charge in [0.1, 0.15) is 0 Å². The van der Waals surface area contributed by atoms with Crippen LogP contribution in [0, 0.1) is 23.2 Å². The Labute approximate surface area is 177 Å². The van der Waals surface area contributed by atoms with E-state index in [9.17, 15) is 9.59 Å². The lowest BCUT2D eigenvalue weighted by atomic mass is 9.49. The molecular formula is C26H28N2O2. The van der Waals surface area contributed by atoms with Crippen molar-refractivity contribution in [1.29, 1.82) is 0 Å². The van der Waals surface area contributed by atoms with Crippen LogP contribution in [0.4, 0.5) is 11.4 Å². The summed E-state index contributed by atoms with van der Waals surface area (Å²) in [6.45, 7) is 0.725. The molecule has 1 N–H and O–H groups in total. The minimum absolute atomic E-state index is 0.0268.